The van der Waals surface area contributed by atoms with Crippen LogP contribution in [0.1, 0.15) is 21.7 Å². The fraction of sp³-hybridized carbons (Fsp3) is 0.0909. The molecule has 0 saturated heterocycles. The van der Waals surface area contributed by atoms with E-state index < -0.39 is 5.91 Å². The quantitative estimate of drug-likeness (QED) is 0.533. The van der Waals surface area contributed by atoms with Gasteiger partial charge in [-0.15, -0.1) is 0 Å². The maximum atomic E-state index is 12.8. The van der Waals surface area contributed by atoms with Crippen molar-refractivity contribution in [1.29, 1.82) is 5.26 Å². The summed E-state index contributed by atoms with van der Waals surface area (Å²) in [4.78, 5) is 12.8. The zero-order chi connectivity index (χ0) is 21.1. The molecule has 0 bridgehead atoms. The summed E-state index contributed by atoms with van der Waals surface area (Å²) in [5, 5.41) is 23.1. The van der Waals surface area contributed by atoms with Crippen molar-refractivity contribution in [3.05, 3.63) is 77.6 Å². The molecule has 4 rings (SSSR count). The summed E-state index contributed by atoms with van der Waals surface area (Å²) in [6.07, 6.45) is 0. The van der Waals surface area contributed by atoms with Gasteiger partial charge in [-0.2, -0.15) is 15.5 Å². The van der Waals surface area contributed by atoms with Crippen molar-refractivity contribution in [2.24, 2.45) is 0 Å². The minimum Gasteiger partial charge on any atom is -0.497 e. The molecule has 0 fully saturated rings. The molecule has 0 saturated carbocycles. The van der Waals surface area contributed by atoms with E-state index in [0.29, 0.717) is 11.3 Å². The van der Waals surface area contributed by atoms with Crippen LogP contribution in [0.25, 0.3) is 16.9 Å². The molecule has 0 aliphatic heterocycles. The van der Waals surface area contributed by atoms with Gasteiger partial charge in [-0.3, -0.25) is 9.89 Å². The third kappa shape index (κ3) is 3.52. The van der Waals surface area contributed by atoms with E-state index in [9.17, 15) is 10.1 Å². The SMILES string of the molecule is COc1ccc(-c2cc(C(=O)Nc3n[nH]c(C)c3C#N)nn2-c2ccccc2)cc1. The van der Waals surface area contributed by atoms with Gasteiger partial charge in [0.25, 0.3) is 5.91 Å². The van der Waals surface area contributed by atoms with Crippen LogP contribution in [0.2, 0.25) is 0 Å². The van der Waals surface area contributed by atoms with E-state index in [1.807, 2.05) is 60.7 Å². The Labute approximate surface area is 172 Å². The van der Waals surface area contributed by atoms with Crippen LogP contribution in [0.5, 0.6) is 5.75 Å². The van der Waals surface area contributed by atoms with Crippen molar-refractivity contribution >= 4 is 11.7 Å². The Morgan fingerprint density at radius 1 is 1.17 bits per heavy atom. The number of ether oxygens (including phenoxy) is 1. The second-order valence-electron chi connectivity index (χ2n) is 6.53. The van der Waals surface area contributed by atoms with Gasteiger partial charge in [0.15, 0.2) is 11.5 Å². The van der Waals surface area contributed by atoms with Crippen LogP contribution in [-0.2, 0) is 0 Å². The van der Waals surface area contributed by atoms with Crippen LogP contribution < -0.4 is 10.1 Å². The van der Waals surface area contributed by atoms with Crippen LogP contribution >= 0.6 is 0 Å². The fourth-order valence-corrected chi connectivity index (χ4v) is 3.05. The van der Waals surface area contributed by atoms with E-state index >= 15 is 0 Å². The number of hydrogen-bond donors (Lipinski definition) is 2. The second kappa shape index (κ2) is 7.93. The Bertz CT molecular complexity index is 1230. The molecule has 0 aliphatic rings. The predicted octanol–water partition coefficient (Wildman–Crippen LogP) is 3.70. The van der Waals surface area contributed by atoms with E-state index in [4.69, 9.17) is 4.74 Å². The normalized spacial score (nSPS) is 10.4. The summed E-state index contributed by atoms with van der Waals surface area (Å²) in [7, 11) is 1.61. The number of aryl methyl sites for hydroxylation is 1. The number of H-pyrrole nitrogens is 1. The number of nitrogens with zero attached hydrogens (tertiary/aromatic N) is 4. The molecule has 4 aromatic rings. The van der Waals surface area contributed by atoms with Crippen LogP contribution in [0.3, 0.4) is 0 Å². The number of hydrogen-bond acceptors (Lipinski definition) is 5. The van der Waals surface area contributed by atoms with Gasteiger partial charge in [0.1, 0.15) is 17.4 Å². The summed E-state index contributed by atoms with van der Waals surface area (Å²) in [5.41, 5.74) is 3.51. The summed E-state index contributed by atoms with van der Waals surface area (Å²) < 4.78 is 6.94. The number of anilines is 1. The van der Waals surface area contributed by atoms with Crippen LogP contribution in [-0.4, -0.2) is 33.0 Å². The number of para-hydroxylation sites is 1. The highest BCUT2D eigenvalue weighted by atomic mass is 16.5. The van der Waals surface area contributed by atoms with E-state index in [1.165, 1.54) is 0 Å². The minimum absolute atomic E-state index is 0.181. The van der Waals surface area contributed by atoms with Gasteiger partial charge in [0.2, 0.25) is 0 Å². The molecule has 30 heavy (non-hydrogen) atoms. The molecule has 1 amide bonds. The van der Waals surface area contributed by atoms with Gasteiger partial charge in [-0.25, -0.2) is 4.68 Å². The first-order valence-corrected chi connectivity index (χ1v) is 9.17. The molecule has 2 heterocycles. The Kier molecular flexibility index (Phi) is 5.01. The van der Waals surface area contributed by atoms with Gasteiger partial charge < -0.3 is 10.1 Å². The molecule has 8 heteroatoms. The van der Waals surface area contributed by atoms with E-state index in [1.54, 1.807) is 24.8 Å². The number of methoxy groups -OCH3 is 1. The topological polar surface area (TPSA) is 109 Å². The van der Waals surface area contributed by atoms with E-state index in [2.05, 4.69) is 20.6 Å². The lowest BCUT2D eigenvalue weighted by molar-refractivity contribution is 0.102. The molecule has 0 radical (unpaired) electrons. The Morgan fingerprint density at radius 2 is 1.90 bits per heavy atom. The Balaban J connectivity index is 1.75. The zero-order valence-electron chi connectivity index (χ0n) is 16.4. The van der Waals surface area contributed by atoms with Crippen molar-refractivity contribution in [3.63, 3.8) is 0 Å². The van der Waals surface area contributed by atoms with Crippen molar-refractivity contribution in [1.82, 2.24) is 20.0 Å². The summed E-state index contributed by atoms with van der Waals surface area (Å²) in [5.74, 6) is 0.461. The molecule has 8 nitrogen and oxygen atoms in total. The summed E-state index contributed by atoms with van der Waals surface area (Å²) >= 11 is 0. The maximum Gasteiger partial charge on any atom is 0.277 e. The van der Waals surface area contributed by atoms with Gasteiger partial charge in [0.05, 0.1) is 24.2 Å². The molecule has 2 aromatic carbocycles. The largest absolute Gasteiger partial charge is 0.497 e. The molecular weight excluding hydrogens is 380 g/mol. The number of rotatable bonds is 5. The van der Waals surface area contributed by atoms with Crippen molar-refractivity contribution in [3.8, 4) is 28.8 Å². The third-order valence-electron chi connectivity index (χ3n) is 4.62. The van der Waals surface area contributed by atoms with Gasteiger partial charge in [0, 0.05) is 5.56 Å². The van der Waals surface area contributed by atoms with E-state index in [-0.39, 0.29) is 11.5 Å². The summed E-state index contributed by atoms with van der Waals surface area (Å²) in [6.45, 7) is 1.72. The first-order chi connectivity index (χ1) is 14.6. The average Bonchev–Trinajstić information content (AvgIpc) is 3.38. The molecule has 0 spiro atoms. The lowest BCUT2D eigenvalue weighted by Crippen LogP contribution is -2.14. The molecule has 0 unspecified atom stereocenters. The molecular formula is C22H18N6O2. The highest BCUT2D eigenvalue weighted by Gasteiger charge is 2.19. The van der Waals surface area contributed by atoms with Crippen molar-refractivity contribution in [2.75, 3.05) is 12.4 Å². The number of amides is 1. The molecule has 0 aliphatic carbocycles. The van der Waals surface area contributed by atoms with Crippen LogP contribution in [0.15, 0.2) is 60.7 Å². The number of aromatic amines is 1. The highest BCUT2D eigenvalue weighted by molar-refractivity contribution is 6.03. The maximum absolute atomic E-state index is 12.8. The monoisotopic (exact) mass is 398 g/mol. The lowest BCUT2D eigenvalue weighted by atomic mass is 10.1. The predicted molar refractivity (Wildman–Crippen MR) is 112 cm³/mol. The van der Waals surface area contributed by atoms with Crippen molar-refractivity contribution in [2.45, 2.75) is 6.92 Å². The zero-order valence-corrected chi connectivity index (χ0v) is 16.4. The number of aromatic nitrogens is 4. The fourth-order valence-electron chi connectivity index (χ4n) is 3.05. The number of nitrogens with one attached hydrogen (secondary N) is 2. The number of nitriles is 1. The first-order valence-electron chi connectivity index (χ1n) is 9.17. The molecule has 0 atom stereocenters. The lowest BCUT2D eigenvalue weighted by Gasteiger charge is -2.08. The smallest absolute Gasteiger partial charge is 0.277 e. The first kappa shape index (κ1) is 19.0. The van der Waals surface area contributed by atoms with Gasteiger partial charge >= 0.3 is 0 Å². The summed E-state index contributed by atoms with van der Waals surface area (Å²) in [6, 6.07) is 20.8. The third-order valence-corrected chi connectivity index (χ3v) is 4.62. The van der Waals surface area contributed by atoms with Crippen LogP contribution in [0.4, 0.5) is 5.82 Å². The highest BCUT2D eigenvalue weighted by Crippen LogP contribution is 2.26. The second-order valence-corrected chi connectivity index (χ2v) is 6.53. The molecule has 148 valence electrons. The number of carbonyl (C=O) groups excluding carboxylic acids is 1. The Morgan fingerprint density at radius 3 is 2.57 bits per heavy atom. The van der Waals surface area contributed by atoms with Gasteiger partial charge in [-0.1, -0.05) is 18.2 Å². The standard InChI is InChI=1S/C22H18N6O2/c1-14-18(13-23)21(26-25-14)24-22(29)19-12-20(15-8-10-17(30-2)11-9-15)28(27-19)16-6-4-3-5-7-16/h3-12H,1-2H3,(H2,24,25,26,29). The minimum atomic E-state index is -0.456. The Hall–Kier alpha value is -4.38. The van der Waals surface area contributed by atoms with Crippen LogP contribution in [0, 0.1) is 18.3 Å². The van der Waals surface area contributed by atoms with E-state index in [0.717, 1.165) is 22.7 Å². The average molecular weight is 398 g/mol. The number of benzene rings is 2. The molecule has 2 N–H and O–H groups in total. The van der Waals surface area contributed by atoms with Crippen molar-refractivity contribution < 1.29 is 9.53 Å². The van der Waals surface area contributed by atoms with Gasteiger partial charge in [-0.05, 0) is 49.4 Å². The molecule has 2 aromatic heterocycles. The number of carbonyl (C=O) groups is 1.